The summed E-state index contributed by atoms with van der Waals surface area (Å²) in [6, 6.07) is 16.7. The highest BCUT2D eigenvalue weighted by molar-refractivity contribution is 5.84. The van der Waals surface area contributed by atoms with Gasteiger partial charge in [-0.15, -0.1) is 0 Å². The molecule has 0 aliphatic carbocycles. The molecule has 0 saturated carbocycles. The summed E-state index contributed by atoms with van der Waals surface area (Å²) in [5, 5.41) is 1.29. The summed E-state index contributed by atoms with van der Waals surface area (Å²) in [5.41, 5.74) is 4.85. The van der Waals surface area contributed by atoms with Gasteiger partial charge in [-0.25, -0.2) is 0 Å². The second kappa shape index (κ2) is 6.16. The Morgan fingerprint density at radius 3 is 2.79 bits per heavy atom. The molecule has 3 nitrogen and oxygen atoms in total. The minimum atomic E-state index is 0.237. The van der Waals surface area contributed by atoms with Crippen molar-refractivity contribution in [3.05, 3.63) is 71.4 Å². The molecule has 1 fully saturated rings. The van der Waals surface area contributed by atoms with E-state index in [-0.39, 0.29) is 5.91 Å². The number of aryl methyl sites for hydroxylation is 1. The number of carbonyl (C=O) groups is 1. The highest BCUT2D eigenvalue weighted by Gasteiger charge is 2.28. The second-order valence-corrected chi connectivity index (χ2v) is 6.78. The van der Waals surface area contributed by atoms with Gasteiger partial charge < -0.3 is 9.88 Å². The summed E-state index contributed by atoms with van der Waals surface area (Å²) in [6.07, 6.45) is 3.66. The zero-order chi connectivity index (χ0) is 16.5. The van der Waals surface area contributed by atoms with Gasteiger partial charge in [-0.1, -0.05) is 48.0 Å². The van der Waals surface area contributed by atoms with Crippen LogP contribution in [0.15, 0.2) is 54.7 Å². The molecule has 1 aromatic heterocycles. The van der Waals surface area contributed by atoms with Crippen molar-refractivity contribution in [1.82, 2.24) is 9.88 Å². The van der Waals surface area contributed by atoms with Gasteiger partial charge in [0.2, 0.25) is 5.91 Å². The first-order valence-electron chi connectivity index (χ1n) is 8.60. The fourth-order valence-electron chi connectivity index (χ4n) is 3.66. The van der Waals surface area contributed by atoms with Crippen LogP contribution in [-0.4, -0.2) is 28.9 Å². The summed E-state index contributed by atoms with van der Waals surface area (Å²) in [7, 11) is 0. The number of H-pyrrole nitrogens is 1. The molecule has 1 aliphatic heterocycles. The smallest absolute Gasteiger partial charge is 0.227 e. The number of hydrogen-bond acceptors (Lipinski definition) is 1. The van der Waals surface area contributed by atoms with Crippen molar-refractivity contribution in [3.63, 3.8) is 0 Å². The van der Waals surface area contributed by atoms with E-state index in [1.165, 1.54) is 22.0 Å². The monoisotopic (exact) mass is 318 g/mol. The second-order valence-electron chi connectivity index (χ2n) is 6.78. The number of para-hydroxylation sites is 1. The van der Waals surface area contributed by atoms with E-state index < -0.39 is 0 Å². The number of carbonyl (C=O) groups excluding carboxylic acids is 1. The van der Waals surface area contributed by atoms with E-state index in [0.717, 1.165) is 25.1 Å². The summed E-state index contributed by atoms with van der Waals surface area (Å²) in [6.45, 7) is 3.75. The molecule has 1 saturated heterocycles. The average molecular weight is 318 g/mol. The number of aromatic nitrogens is 1. The SMILES string of the molecule is Cc1ccc(CC(=O)N2CCC(c3c[nH]c4ccccc34)C2)cc1. The number of amides is 1. The van der Waals surface area contributed by atoms with Crippen molar-refractivity contribution in [1.29, 1.82) is 0 Å². The van der Waals surface area contributed by atoms with Crippen LogP contribution in [0.25, 0.3) is 10.9 Å². The van der Waals surface area contributed by atoms with Crippen molar-refractivity contribution in [2.24, 2.45) is 0 Å². The Bertz CT molecular complexity index is 863. The maximum absolute atomic E-state index is 12.6. The zero-order valence-electron chi connectivity index (χ0n) is 14.0. The van der Waals surface area contributed by atoms with Gasteiger partial charge in [0.1, 0.15) is 0 Å². The standard InChI is InChI=1S/C21H22N2O/c1-15-6-8-16(9-7-15)12-21(24)23-11-10-17(14-23)19-13-22-20-5-3-2-4-18(19)20/h2-9,13,17,22H,10-12,14H2,1H3. The highest BCUT2D eigenvalue weighted by Crippen LogP contribution is 2.32. The Morgan fingerprint density at radius 2 is 1.96 bits per heavy atom. The molecule has 122 valence electrons. The topological polar surface area (TPSA) is 36.1 Å². The largest absolute Gasteiger partial charge is 0.361 e. The number of rotatable bonds is 3. The molecule has 0 bridgehead atoms. The van der Waals surface area contributed by atoms with Crippen LogP contribution in [0.2, 0.25) is 0 Å². The lowest BCUT2D eigenvalue weighted by molar-refractivity contribution is -0.129. The van der Waals surface area contributed by atoms with Crippen LogP contribution in [0.1, 0.15) is 29.0 Å². The number of aromatic amines is 1. The number of benzene rings is 2. The minimum Gasteiger partial charge on any atom is -0.361 e. The molecule has 3 aromatic rings. The molecular weight excluding hydrogens is 296 g/mol. The lowest BCUT2D eigenvalue weighted by Crippen LogP contribution is -2.29. The molecule has 24 heavy (non-hydrogen) atoms. The van der Waals surface area contributed by atoms with Gasteiger partial charge in [0, 0.05) is 36.1 Å². The van der Waals surface area contributed by atoms with E-state index in [1.54, 1.807) is 0 Å². The molecule has 0 radical (unpaired) electrons. The minimum absolute atomic E-state index is 0.237. The number of likely N-dealkylation sites (tertiary alicyclic amines) is 1. The number of hydrogen-bond donors (Lipinski definition) is 1. The first-order chi connectivity index (χ1) is 11.7. The van der Waals surface area contributed by atoms with Gasteiger partial charge in [0.05, 0.1) is 6.42 Å². The van der Waals surface area contributed by atoms with Crippen molar-refractivity contribution in [3.8, 4) is 0 Å². The first kappa shape index (κ1) is 15.0. The maximum atomic E-state index is 12.6. The number of nitrogens with one attached hydrogen (secondary N) is 1. The lowest BCUT2D eigenvalue weighted by Gasteiger charge is -2.16. The van der Waals surface area contributed by atoms with Gasteiger partial charge in [-0.2, -0.15) is 0 Å². The van der Waals surface area contributed by atoms with Crippen LogP contribution in [0, 0.1) is 6.92 Å². The molecular formula is C21H22N2O. The lowest BCUT2D eigenvalue weighted by atomic mass is 9.98. The average Bonchev–Trinajstić information content (AvgIpc) is 3.23. The van der Waals surface area contributed by atoms with E-state index in [9.17, 15) is 4.79 Å². The summed E-state index contributed by atoms with van der Waals surface area (Å²) < 4.78 is 0. The van der Waals surface area contributed by atoms with Crippen molar-refractivity contribution >= 4 is 16.8 Å². The molecule has 3 heteroatoms. The third-order valence-corrected chi connectivity index (χ3v) is 5.08. The van der Waals surface area contributed by atoms with Crippen molar-refractivity contribution in [2.45, 2.75) is 25.7 Å². The number of nitrogens with zero attached hydrogens (tertiary/aromatic N) is 1. The summed E-state index contributed by atoms with van der Waals surface area (Å²) >= 11 is 0. The molecule has 4 rings (SSSR count). The van der Waals surface area contributed by atoms with Gasteiger partial charge >= 0.3 is 0 Å². The van der Waals surface area contributed by atoms with Gasteiger partial charge in [-0.3, -0.25) is 4.79 Å². The Hall–Kier alpha value is -2.55. The molecule has 1 atom stereocenters. The Morgan fingerprint density at radius 1 is 1.17 bits per heavy atom. The van der Waals surface area contributed by atoms with Gasteiger partial charge in [0.25, 0.3) is 0 Å². The Balaban J connectivity index is 1.46. The van der Waals surface area contributed by atoms with E-state index in [0.29, 0.717) is 12.3 Å². The number of fused-ring (bicyclic) bond motifs is 1. The van der Waals surface area contributed by atoms with Crippen molar-refractivity contribution in [2.75, 3.05) is 13.1 Å². The third kappa shape index (κ3) is 2.82. The van der Waals surface area contributed by atoms with Gasteiger partial charge in [-0.05, 0) is 30.5 Å². The molecule has 2 heterocycles. The fourth-order valence-corrected chi connectivity index (χ4v) is 3.66. The third-order valence-electron chi connectivity index (χ3n) is 5.08. The molecule has 1 amide bonds. The molecule has 1 unspecified atom stereocenters. The normalized spacial score (nSPS) is 17.5. The Labute approximate surface area is 142 Å². The molecule has 1 aliphatic rings. The van der Waals surface area contributed by atoms with E-state index in [4.69, 9.17) is 0 Å². The highest BCUT2D eigenvalue weighted by atomic mass is 16.2. The van der Waals surface area contributed by atoms with Crippen LogP contribution in [-0.2, 0) is 11.2 Å². The van der Waals surface area contributed by atoms with E-state index in [1.807, 2.05) is 4.90 Å². The van der Waals surface area contributed by atoms with Crippen LogP contribution < -0.4 is 0 Å². The van der Waals surface area contributed by atoms with Crippen LogP contribution >= 0.6 is 0 Å². The quantitative estimate of drug-likeness (QED) is 0.777. The van der Waals surface area contributed by atoms with Crippen molar-refractivity contribution < 1.29 is 4.79 Å². The molecule has 1 N–H and O–H groups in total. The zero-order valence-corrected chi connectivity index (χ0v) is 14.0. The van der Waals surface area contributed by atoms with E-state index >= 15 is 0 Å². The van der Waals surface area contributed by atoms with Gasteiger partial charge in [0.15, 0.2) is 0 Å². The summed E-state index contributed by atoms with van der Waals surface area (Å²) in [5.74, 6) is 0.671. The fraction of sp³-hybridized carbons (Fsp3) is 0.286. The maximum Gasteiger partial charge on any atom is 0.227 e. The van der Waals surface area contributed by atoms with Crippen LogP contribution in [0.4, 0.5) is 0 Å². The predicted molar refractivity (Wildman–Crippen MR) is 97.1 cm³/mol. The first-order valence-corrected chi connectivity index (χ1v) is 8.60. The predicted octanol–water partition coefficient (Wildman–Crippen LogP) is 4.03. The Kier molecular flexibility index (Phi) is 3.85. The molecule has 2 aromatic carbocycles. The van der Waals surface area contributed by atoms with Crippen LogP contribution in [0.3, 0.4) is 0 Å². The van der Waals surface area contributed by atoms with E-state index in [2.05, 4.69) is 66.6 Å². The molecule has 0 spiro atoms. The van der Waals surface area contributed by atoms with Crippen LogP contribution in [0.5, 0.6) is 0 Å². The summed E-state index contributed by atoms with van der Waals surface area (Å²) in [4.78, 5) is 18.0.